The third kappa shape index (κ3) is 4.75. The topological polar surface area (TPSA) is 63.2 Å². The average molecular weight is 374 g/mol. The van der Waals surface area contributed by atoms with Gasteiger partial charge in [0.15, 0.2) is 9.84 Å². The Bertz CT molecular complexity index is 865. The number of rotatable bonds is 5. The van der Waals surface area contributed by atoms with E-state index < -0.39 is 27.4 Å². The molecule has 0 aliphatic heterocycles. The second-order valence-corrected chi connectivity index (χ2v) is 7.59. The number of hydrogen-bond acceptors (Lipinski definition) is 3. The molecule has 0 aliphatic rings. The zero-order valence-electron chi connectivity index (χ0n) is 12.6. The Labute approximate surface area is 143 Å². The highest BCUT2D eigenvalue weighted by Gasteiger charge is 2.15. The molecule has 1 N–H and O–H groups in total. The van der Waals surface area contributed by atoms with E-state index in [2.05, 4.69) is 5.32 Å². The number of hydrogen-bond donors (Lipinski definition) is 1. The van der Waals surface area contributed by atoms with Crippen molar-refractivity contribution in [1.29, 1.82) is 0 Å². The molecule has 128 valence electrons. The molecular formula is C16H14ClF2NO3S. The van der Waals surface area contributed by atoms with Gasteiger partial charge in [0.1, 0.15) is 11.6 Å². The molecule has 0 heterocycles. The van der Waals surface area contributed by atoms with Gasteiger partial charge in [-0.25, -0.2) is 17.2 Å². The van der Waals surface area contributed by atoms with Crippen molar-refractivity contribution in [3.8, 4) is 0 Å². The highest BCUT2D eigenvalue weighted by atomic mass is 35.5. The van der Waals surface area contributed by atoms with Gasteiger partial charge in [-0.05, 0) is 42.3 Å². The van der Waals surface area contributed by atoms with Crippen LogP contribution >= 0.6 is 11.6 Å². The zero-order chi connectivity index (χ0) is 17.9. The van der Waals surface area contributed by atoms with Gasteiger partial charge in [-0.1, -0.05) is 11.6 Å². The van der Waals surface area contributed by atoms with E-state index in [4.69, 9.17) is 11.6 Å². The second-order valence-electron chi connectivity index (χ2n) is 5.20. The lowest BCUT2D eigenvalue weighted by atomic mass is 10.1. The van der Waals surface area contributed by atoms with E-state index in [1.54, 1.807) is 0 Å². The van der Waals surface area contributed by atoms with Crippen molar-refractivity contribution in [1.82, 2.24) is 5.32 Å². The maximum absolute atomic E-state index is 13.1. The van der Waals surface area contributed by atoms with Crippen molar-refractivity contribution in [2.75, 3.05) is 12.8 Å². The van der Waals surface area contributed by atoms with E-state index >= 15 is 0 Å². The SMILES string of the molecule is CS(=O)(=O)c1cc(C(=O)NCCc2cc(F)cc(F)c2)ccc1Cl. The highest BCUT2D eigenvalue weighted by molar-refractivity contribution is 7.90. The first-order valence-electron chi connectivity index (χ1n) is 6.89. The monoisotopic (exact) mass is 373 g/mol. The predicted molar refractivity (Wildman–Crippen MR) is 87.0 cm³/mol. The van der Waals surface area contributed by atoms with Gasteiger partial charge < -0.3 is 5.32 Å². The fourth-order valence-electron chi connectivity index (χ4n) is 2.11. The summed E-state index contributed by atoms with van der Waals surface area (Å²) in [4.78, 5) is 11.9. The number of halogens is 3. The Hall–Kier alpha value is -1.99. The van der Waals surface area contributed by atoms with E-state index in [9.17, 15) is 22.0 Å². The van der Waals surface area contributed by atoms with Gasteiger partial charge in [-0.3, -0.25) is 4.79 Å². The van der Waals surface area contributed by atoms with Gasteiger partial charge in [0.2, 0.25) is 0 Å². The first kappa shape index (κ1) is 18.4. The van der Waals surface area contributed by atoms with Gasteiger partial charge in [-0.2, -0.15) is 0 Å². The number of amides is 1. The summed E-state index contributed by atoms with van der Waals surface area (Å²) < 4.78 is 49.4. The molecule has 0 aromatic heterocycles. The molecule has 2 rings (SSSR count). The molecule has 0 atom stereocenters. The largest absolute Gasteiger partial charge is 0.352 e. The standard InChI is InChI=1S/C16H14ClF2NO3S/c1-24(22,23)15-8-11(2-3-14(15)17)16(21)20-5-4-10-6-12(18)9-13(19)7-10/h2-3,6-9H,4-5H2,1H3,(H,20,21). The molecule has 2 aromatic carbocycles. The molecule has 0 spiro atoms. The van der Waals surface area contributed by atoms with Crippen LogP contribution in [-0.2, 0) is 16.3 Å². The summed E-state index contributed by atoms with van der Waals surface area (Å²) in [6.45, 7) is 0.137. The van der Waals surface area contributed by atoms with E-state index in [0.717, 1.165) is 12.3 Å². The minimum atomic E-state index is -3.56. The van der Waals surface area contributed by atoms with E-state index in [-0.39, 0.29) is 28.4 Å². The molecular weight excluding hydrogens is 360 g/mol. The molecule has 24 heavy (non-hydrogen) atoms. The number of sulfone groups is 1. The first-order chi connectivity index (χ1) is 11.2. The van der Waals surface area contributed by atoms with E-state index in [1.165, 1.54) is 30.3 Å². The number of carbonyl (C=O) groups is 1. The van der Waals surface area contributed by atoms with Crippen molar-refractivity contribution in [2.45, 2.75) is 11.3 Å². The zero-order valence-corrected chi connectivity index (χ0v) is 14.2. The van der Waals surface area contributed by atoms with Crippen LogP contribution in [0.5, 0.6) is 0 Å². The minimum Gasteiger partial charge on any atom is -0.352 e. The Kier molecular flexibility index (Phi) is 5.56. The third-order valence-electron chi connectivity index (χ3n) is 3.21. The summed E-state index contributed by atoms with van der Waals surface area (Å²) >= 11 is 5.82. The minimum absolute atomic E-state index is 0.0317. The van der Waals surface area contributed by atoms with Crippen LogP contribution in [0.4, 0.5) is 8.78 Å². The lowest BCUT2D eigenvalue weighted by Crippen LogP contribution is -2.26. The van der Waals surface area contributed by atoms with Crippen molar-refractivity contribution in [2.24, 2.45) is 0 Å². The molecule has 4 nitrogen and oxygen atoms in total. The molecule has 2 aromatic rings. The summed E-state index contributed by atoms with van der Waals surface area (Å²) in [5, 5.41) is 2.59. The second kappa shape index (κ2) is 7.27. The average Bonchev–Trinajstić information content (AvgIpc) is 2.45. The van der Waals surface area contributed by atoms with Crippen LogP contribution < -0.4 is 5.32 Å². The first-order valence-corrected chi connectivity index (χ1v) is 9.16. The van der Waals surface area contributed by atoms with E-state index in [0.29, 0.717) is 5.56 Å². The van der Waals surface area contributed by atoms with Crippen LogP contribution in [0.3, 0.4) is 0 Å². The van der Waals surface area contributed by atoms with Gasteiger partial charge in [0, 0.05) is 24.4 Å². The van der Waals surface area contributed by atoms with Crippen LogP contribution in [0.2, 0.25) is 5.02 Å². The van der Waals surface area contributed by atoms with Crippen LogP contribution in [0.1, 0.15) is 15.9 Å². The Morgan fingerprint density at radius 2 is 1.75 bits per heavy atom. The molecule has 1 amide bonds. The molecule has 0 saturated heterocycles. The molecule has 8 heteroatoms. The number of nitrogens with one attached hydrogen (secondary N) is 1. The van der Waals surface area contributed by atoms with Gasteiger partial charge >= 0.3 is 0 Å². The van der Waals surface area contributed by atoms with Crippen LogP contribution in [0, 0.1) is 11.6 Å². The summed E-state index contributed by atoms with van der Waals surface area (Å²) in [6.07, 6.45) is 1.22. The Morgan fingerprint density at radius 3 is 2.33 bits per heavy atom. The van der Waals surface area contributed by atoms with Crippen molar-refractivity contribution >= 4 is 27.3 Å². The predicted octanol–water partition coefficient (Wildman–Crippen LogP) is 2.99. The van der Waals surface area contributed by atoms with Gasteiger partial charge in [0.25, 0.3) is 5.91 Å². The number of benzene rings is 2. The molecule has 0 saturated carbocycles. The van der Waals surface area contributed by atoms with Crippen LogP contribution in [-0.4, -0.2) is 27.1 Å². The maximum Gasteiger partial charge on any atom is 0.251 e. The summed E-state index contributed by atoms with van der Waals surface area (Å²) in [6, 6.07) is 7.04. The molecule has 0 aliphatic carbocycles. The lowest BCUT2D eigenvalue weighted by Gasteiger charge is -2.08. The lowest BCUT2D eigenvalue weighted by molar-refractivity contribution is 0.0954. The smallest absolute Gasteiger partial charge is 0.251 e. The molecule has 0 bridgehead atoms. The van der Waals surface area contributed by atoms with Crippen molar-refractivity contribution < 1.29 is 22.0 Å². The fourth-order valence-corrected chi connectivity index (χ4v) is 3.41. The van der Waals surface area contributed by atoms with Crippen LogP contribution in [0.15, 0.2) is 41.3 Å². The normalized spacial score (nSPS) is 11.3. The summed E-state index contributed by atoms with van der Waals surface area (Å²) in [5.74, 6) is -1.88. The Morgan fingerprint density at radius 1 is 1.12 bits per heavy atom. The van der Waals surface area contributed by atoms with Crippen molar-refractivity contribution in [3.63, 3.8) is 0 Å². The molecule has 0 fully saturated rings. The van der Waals surface area contributed by atoms with Crippen LogP contribution in [0.25, 0.3) is 0 Å². The number of carbonyl (C=O) groups excluding carboxylic acids is 1. The van der Waals surface area contributed by atoms with Gasteiger partial charge in [0.05, 0.1) is 9.92 Å². The quantitative estimate of drug-likeness (QED) is 0.876. The molecule has 0 unspecified atom stereocenters. The van der Waals surface area contributed by atoms with Gasteiger partial charge in [-0.15, -0.1) is 0 Å². The maximum atomic E-state index is 13.1. The summed E-state index contributed by atoms with van der Waals surface area (Å²) in [7, 11) is -3.56. The Balaban J connectivity index is 2.05. The third-order valence-corrected chi connectivity index (χ3v) is 4.79. The van der Waals surface area contributed by atoms with Crippen molar-refractivity contribution in [3.05, 3.63) is 64.2 Å². The summed E-state index contributed by atoms with van der Waals surface area (Å²) in [5.41, 5.74) is 0.533. The molecule has 0 radical (unpaired) electrons. The fraction of sp³-hybridized carbons (Fsp3) is 0.188. The highest BCUT2D eigenvalue weighted by Crippen LogP contribution is 2.22. The van der Waals surface area contributed by atoms with E-state index in [1.807, 2.05) is 0 Å².